The second kappa shape index (κ2) is 6.15. The third kappa shape index (κ3) is 3.96. The number of rotatable bonds is 3. The van der Waals surface area contributed by atoms with Crippen LogP contribution in [0.2, 0.25) is 0 Å². The molecule has 0 radical (unpaired) electrons. The maximum atomic E-state index is 11.9. The number of likely N-dealkylation sites (N-methyl/N-ethyl adjacent to an activating group) is 1. The first-order chi connectivity index (χ1) is 8.39. The molecule has 1 fully saturated rings. The van der Waals surface area contributed by atoms with E-state index in [2.05, 4.69) is 17.1 Å². The molecule has 0 saturated carbocycles. The Morgan fingerprint density at radius 2 is 1.78 bits per heavy atom. The molecule has 1 saturated heterocycles. The molecule has 0 aromatic carbocycles. The molecule has 104 valence electrons. The number of aliphatic hydroxyl groups is 1. The number of aliphatic hydroxyl groups excluding tert-OH is 1. The topological polar surface area (TPSA) is 72.9 Å². The lowest BCUT2D eigenvalue weighted by atomic mass is 10.1. The van der Waals surface area contributed by atoms with Gasteiger partial charge in [-0.1, -0.05) is 6.92 Å². The van der Waals surface area contributed by atoms with Crippen LogP contribution in [-0.2, 0) is 9.59 Å². The molecule has 2 N–H and O–H groups in total. The van der Waals surface area contributed by atoms with Crippen LogP contribution in [0.1, 0.15) is 20.8 Å². The molecule has 1 aliphatic heterocycles. The fraction of sp³-hybridized carbons (Fsp3) is 0.833. The summed E-state index contributed by atoms with van der Waals surface area (Å²) in [6.07, 6.45) is 0. The predicted octanol–water partition coefficient (Wildman–Crippen LogP) is -0.962. The van der Waals surface area contributed by atoms with Crippen LogP contribution in [0.15, 0.2) is 0 Å². The number of carbonyl (C=O) groups is 2. The van der Waals surface area contributed by atoms with Crippen LogP contribution in [-0.4, -0.2) is 71.6 Å². The van der Waals surface area contributed by atoms with E-state index >= 15 is 0 Å². The molecule has 0 bridgehead atoms. The molecule has 18 heavy (non-hydrogen) atoms. The molecule has 2 amide bonds. The van der Waals surface area contributed by atoms with E-state index in [4.69, 9.17) is 5.11 Å². The van der Waals surface area contributed by atoms with E-state index in [9.17, 15) is 9.59 Å². The van der Waals surface area contributed by atoms with Gasteiger partial charge in [-0.3, -0.25) is 9.59 Å². The van der Waals surface area contributed by atoms with E-state index in [0.29, 0.717) is 13.1 Å². The van der Waals surface area contributed by atoms with E-state index in [-0.39, 0.29) is 6.61 Å². The Morgan fingerprint density at radius 3 is 2.22 bits per heavy atom. The van der Waals surface area contributed by atoms with Gasteiger partial charge in [0.2, 0.25) is 0 Å². The van der Waals surface area contributed by atoms with Gasteiger partial charge in [0, 0.05) is 26.2 Å². The quantitative estimate of drug-likeness (QED) is 0.639. The third-order valence-electron chi connectivity index (χ3n) is 3.15. The highest BCUT2D eigenvalue weighted by Crippen LogP contribution is 2.04. The van der Waals surface area contributed by atoms with Crippen LogP contribution in [0, 0.1) is 0 Å². The Bertz CT molecular complexity index is 310. The molecule has 0 atom stereocenters. The van der Waals surface area contributed by atoms with Gasteiger partial charge in [0.05, 0.1) is 12.1 Å². The minimum Gasteiger partial charge on any atom is -0.394 e. The van der Waals surface area contributed by atoms with Crippen molar-refractivity contribution < 1.29 is 14.7 Å². The van der Waals surface area contributed by atoms with Gasteiger partial charge in [-0.15, -0.1) is 0 Å². The van der Waals surface area contributed by atoms with Crippen LogP contribution < -0.4 is 5.32 Å². The van der Waals surface area contributed by atoms with Gasteiger partial charge in [0.1, 0.15) is 0 Å². The van der Waals surface area contributed by atoms with E-state index in [1.807, 2.05) is 0 Å². The van der Waals surface area contributed by atoms with Gasteiger partial charge < -0.3 is 20.2 Å². The number of carbonyl (C=O) groups excluding carboxylic acids is 2. The zero-order chi connectivity index (χ0) is 13.8. The minimum atomic E-state index is -0.766. The molecule has 1 rings (SSSR count). The molecular formula is C12H23N3O3. The molecule has 1 heterocycles. The Labute approximate surface area is 108 Å². The number of hydrogen-bond acceptors (Lipinski definition) is 4. The summed E-state index contributed by atoms with van der Waals surface area (Å²) in [6, 6.07) is 0. The van der Waals surface area contributed by atoms with Crippen molar-refractivity contribution in [2.45, 2.75) is 26.3 Å². The molecule has 0 aliphatic carbocycles. The molecule has 6 nitrogen and oxygen atoms in total. The summed E-state index contributed by atoms with van der Waals surface area (Å²) in [6.45, 7) is 8.97. The largest absolute Gasteiger partial charge is 0.394 e. The molecule has 0 unspecified atom stereocenters. The second-order valence-corrected chi connectivity index (χ2v) is 5.22. The monoisotopic (exact) mass is 257 g/mol. The number of piperazine rings is 1. The summed E-state index contributed by atoms with van der Waals surface area (Å²) in [4.78, 5) is 27.4. The van der Waals surface area contributed by atoms with E-state index in [0.717, 1.165) is 19.6 Å². The molecule has 6 heteroatoms. The zero-order valence-electron chi connectivity index (χ0n) is 11.4. The van der Waals surface area contributed by atoms with Crippen molar-refractivity contribution in [1.29, 1.82) is 0 Å². The summed E-state index contributed by atoms with van der Waals surface area (Å²) in [7, 11) is 0. The molecule has 0 aromatic rings. The lowest BCUT2D eigenvalue weighted by Crippen LogP contribution is -2.56. The van der Waals surface area contributed by atoms with Crippen molar-refractivity contribution in [1.82, 2.24) is 15.1 Å². The molecular weight excluding hydrogens is 234 g/mol. The van der Waals surface area contributed by atoms with Gasteiger partial charge in [0.15, 0.2) is 0 Å². The van der Waals surface area contributed by atoms with Gasteiger partial charge in [-0.25, -0.2) is 0 Å². The average Bonchev–Trinajstić information content (AvgIpc) is 2.37. The Kier molecular flexibility index (Phi) is 5.10. The Hall–Kier alpha value is -1.14. The van der Waals surface area contributed by atoms with E-state index in [1.54, 1.807) is 18.7 Å². The lowest BCUT2D eigenvalue weighted by Gasteiger charge is -2.34. The first-order valence-electron chi connectivity index (χ1n) is 6.34. The fourth-order valence-electron chi connectivity index (χ4n) is 1.81. The molecule has 1 aliphatic rings. The normalized spacial score (nSPS) is 17.7. The zero-order valence-corrected chi connectivity index (χ0v) is 11.4. The summed E-state index contributed by atoms with van der Waals surface area (Å²) in [5.74, 6) is -1.15. The van der Waals surface area contributed by atoms with Crippen LogP contribution in [0.25, 0.3) is 0 Å². The van der Waals surface area contributed by atoms with Crippen molar-refractivity contribution in [2.75, 3.05) is 39.3 Å². The molecule has 0 aromatic heterocycles. The molecule has 0 spiro atoms. The Balaban J connectivity index is 2.48. The van der Waals surface area contributed by atoms with Gasteiger partial charge in [0.25, 0.3) is 0 Å². The number of nitrogens with zero attached hydrogens (tertiary/aromatic N) is 2. The summed E-state index contributed by atoms with van der Waals surface area (Å²) < 4.78 is 0. The first-order valence-corrected chi connectivity index (χ1v) is 6.34. The lowest BCUT2D eigenvalue weighted by molar-refractivity contribution is -0.148. The maximum absolute atomic E-state index is 11.9. The number of amides is 2. The standard InChI is InChI=1S/C12H23N3O3/c1-4-14-5-7-15(8-6-14)11(18)10(17)13-12(2,3)9-16/h16H,4-9H2,1-3H3,(H,13,17). The highest BCUT2D eigenvalue weighted by molar-refractivity contribution is 6.35. The fourth-order valence-corrected chi connectivity index (χ4v) is 1.81. The van der Waals surface area contributed by atoms with E-state index < -0.39 is 17.4 Å². The highest BCUT2D eigenvalue weighted by atomic mass is 16.3. The Morgan fingerprint density at radius 1 is 1.22 bits per heavy atom. The summed E-state index contributed by atoms with van der Waals surface area (Å²) in [5.41, 5.74) is -0.766. The second-order valence-electron chi connectivity index (χ2n) is 5.22. The van der Waals surface area contributed by atoms with Crippen LogP contribution in [0.4, 0.5) is 0 Å². The number of nitrogens with one attached hydrogen (secondary N) is 1. The van der Waals surface area contributed by atoms with Crippen LogP contribution in [0.3, 0.4) is 0 Å². The van der Waals surface area contributed by atoms with Gasteiger partial charge >= 0.3 is 11.8 Å². The van der Waals surface area contributed by atoms with Crippen molar-refractivity contribution in [3.05, 3.63) is 0 Å². The smallest absolute Gasteiger partial charge is 0.311 e. The SMILES string of the molecule is CCN1CCN(C(=O)C(=O)NC(C)(C)CO)CC1. The van der Waals surface area contributed by atoms with Crippen molar-refractivity contribution in [3.8, 4) is 0 Å². The third-order valence-corrected chi connectivity index (χ3v) is 3.15. The minimum absolute atomic E-state index is 0.199. The van der Waals surface area contributed by atoms with Gasteiger partial charge in [-0.05, 0) is 20.4 Å². The van der Waals surface area contributed by atoms with Gasteiger partial charge in [-0.2, -0.15) is 0 Å². The summed E-state index contributed by atoms with van der Waals surface area (Å²) in [5, 5.41) is 11.6. The first kappa shape index (κ1) is 14.9. The number of hydrogen-bond donors (Lipinski definition) is 2. The summed E-state index contributed by atoms with van der Waals surface area (Å²) >= 11 is 0. The average molecular weight is 257 g/mol. The van der Waals surface area contributed by atoms with E-state index in [1.165, 1.54) is 0 Å². The van der Waals surface area contributed by atoms with Crippen molar-refractivity contribution >= 4 is 11.8 Å². The van der Waals surface area contributed by atoms with Crippen LogP contribution >= 0.6 is 0 Å². The highest BCUT2D eigenvalue weighted by Gasteiger charge is 2.29. The van der Waals surface area contributed by atoms with Crippen LogP contribution in [0.5, 0.6) is 0 Å². The van der Waals surface area contributed by atoms with Crippen molar-refractivity contribution in [3.63, 3.8) is 0 Å². The maximum Gasteiger partial charge on any atom is 0.311 e. The predicted molar refractivity (Wildman–Crippen MR) is 68.0 cm³/mol. The van der Waals surface area contributed by atoms with Crippen molar-refractivity contribution in [2.24, 2.45) is 0 Å².